The highest BCUT2D eigenvalue weighted by molar-refractivity contribution is 7.14. The highest BCUT2D eigenvalue weighted by Gasteiger charge is 2.30. The van der Waals surface area contributed by atoms with E-state index < -0.39 is 11.9 Å². The number of rotatable bonds is 7. The lowest BCUT2D eigenvalue weighted by molar-refractivity contribution is -0.139. The Morgan fingerprint density at radius 1 is 0.941 bits per heavy atom. The van der Waals surface area contributed by atoms with Crippen molar-refractivity contribution < 1.29 is 14.4 Å². The minimum absolute atomic E-state index is 0.00434. The molecule has 0 bridgehead atoms. The molecule has 1 aliphatic heterocycles. The van der Waals surface area contributed by atoms with Crippen LogP contribution in [0.3, 0.4) is 0 Å². The molecule has 1 atom stereocenters. The van der Waals surface area contributed by atoms with Crippen LogP contribution in [0, 0.1) is 0 Å². The van der Waals surface area contributed by atoms with Gasteiger partial charge in [-0.1, -0.05) is 48.5 Å². The summed E-state index contributed by atoms with van der Waals surface area (Å²) < 4.78 is 0. The number of anilines is 2. The monoisotopic (exact) mass is 477 g/mol. The van der Waals surface area contributed by atoms with Crippen molar-refractivity contribution in [3.05, 3.63) is 77.3 Å². The maximum absolute atomic E-state index is 13.4. The standard InChI is InChI=1S/C25H27N5O3S/c1-18(31)29-12-14-30(15-13-29)24(33)21(16-19-8-4-2-5-9-19)27-23(32)22-17-34-25(28-22)26-20-10-6-3-7-11-20/h2-11,17,21H,12-16H2,1H3,(H,26,28)(H,27,32)/t21-/m0/s1. The third kappa shape index (κ3) is 5.99. The van der Waals surface area contributed by atoms with Gasteiger partial charge in [0.1, 0.15) is 11.7 Å². The van der Waals surface area contributed by atoms with E-state index in [0.29, 0.717) is 37.7 Å². The fraction of sp³-hybridized carbons (Fsp3) is 0.280. The summed E-state index contributed by atoms with van der Waals surface area (Å²) >= 11 is 1.33. The van der Waals surface area contributed by atoms with Crippen LogP contribution < -0.4 is 10.6 Å². The smallest absolute Gasteiger partial charge is 0.271 e. The van der Waals surface area contributed by atoms with Gasteiger partial charge in [-0.25, -0.2) is 4.98 Å². The van der Waals surface area contributed by atoms with Gasteiger partial charge in [-0.15, -0.1) is 11.3 Å². The van der Waals surface area contributed by atoms with Crippen molar-refractivity contribution in [2.75, 3.05) is 31.5 Å². The Morgan fingerprint density at radius 3 is 2.21 bits per heavy atom. The number of aromatic nitrogens is 1. The van der Waals surface area contributed by atoms with Gasteiger partial charge in [0.15, 0.2) is 5.13 Å². The topological polar surface area (TPSA) is 94.6 Å². The third-order valence-electron chi connectivity index (χ3n) is 5.68. The van der Waals surface area contributed by atoms with E-state index in [1.165, 1.54) is 18.3 Å². The molecule has 3 amide bonds. The molecule has 0 saturated carbocycles. The first kappa shape index (κ1) is 23.4. The van der Waals surface area contributed by atoms with Gasteiger partial charge in [-0.2, -0.15) is 0 Å². The molecule has 2 heterocycles. The molecule has 1 fully saturated rings. The van der Waals surface area contributed by atoms with Gasteiger partial charge in [-0.05, 0) is 17.7 Å². The molecular weight excluding hydrogens is 450 g/mol. The molecule has 0 unspecified atom stereocenters. The van der Waals surface area contributed by atoms with Gasteiger partial charge < -0.3 is 20.4 Å². The molecule has 4 rings (SSSR count). The Bertz CT molecular complexity index is 1130. The Kier molecular flexibility index (Phi) is 7.54. The van der Waals surface area contributed by atoms with Gasteiger partial charge in [0, 0.05) is 50.6 Å². The molecule has 1 saturated heterocycles. The normalized spacial score (nSPS) is 14.4. The molecule has 176 valence electrons. The van der Waals surface area contributed by atoms with E-state index in [4.69, 9.17) is 0 Å². The van der Waals surface area contributed by atoms with Crippen LogP contribution in [0.25, 0.3) is 0 Å². The van der Waals surface area contributed by atoms with Gasteiger partial charge in [0.05, 0.1) is 0 Å². The molecule has 9 heteroatoms. The molecule has 0 aliphatic carbocycles. The number of nitrogens with zero attached hydrogens (tertiary/aromatic N) is 3. The summed E-state index contributed by atoms with van der Waals surface area (Å²) in [5, 5.41) is 8.35. The highest BCUT2D eigenvalue weighted by Crippen LogP contribution is 2.21. The second-order valence-electron chi connectivity index (χ2n) is 8.08. The first-order chi connectivity index (χ1) is 16.5. The minimum atomic E-state index is -0.731. The van der Waals surface area contributed by atoms with E-state index in [1.54, 1.807) is 15.2 Å². The summed E-state index contributed by atoms with van der Waals surface area (Å²) in [4.78, 5) is 45.9. The highest BCUT2D eigenvalue weighted by atomic mass is 32.1. The predicted octanol–water partition coefficient (Wildman–Crippen LogP) is 2.92. The molecule has 8 nitrogen and oxygen atoms in total. The zero-order valence-electron chi connectivity index (χ0n) is 18.9. The molecule has 1 aromatic heterocycles. The molecule has 2 N–H and O–H groups in total. The maximum Gasteiger partial charge on any atom is 0.271 e. The van der Waals surface area contributed by atoms with E-state index >= 15 is 0 Å². The summed E-state index contributed by atoms with van der Waals surface area (Å²) in [5.41, 5.74) is 2.09. The van der Waals surface area contributed by atoms with Gasteiger partial charge in [0.25, 0.3) is 5.91 Å². The number of amides is 3. The van der Waals surface area contributed by atoms with Crippen LogP contribution in [0.5, 0.6) is 0 Å². The lowest BCUT2D eigenvalue weighted by Gasteiger charge is -2.36. The predicted molar refractivity (Wildman–Crippen MR) is 132 cm³/mol. The number of thiazole rings is 1. The minimum Gasteiger partial charge on any atom is -0.339 e. The number of para-hydroxylation sites is 1. The number of hydrogen-bond donors (Lipinski definition) is 2. The van der Waals surface area contributed by atoms with Crippen molar-refractivity contribution in [2.45, 2.75) is 19.4 Å². The first-order valence-electron chi connectivity index (χ1n) is 11.2. The van der Waals surface area contributed by atoms with E-state index in [2.05, 4.69) is 15.6 Å². The third-order valence-corrected chi connectivity index (χ3v) is 6.44. The molecule has 0 radical (unpaired) electrons. The molecule has 34 heavy (non-hydrogen) atoms. The number of carbonyl (C=O) groups excluding carboxylic acids is 3. The largest absolute Gasteiger partial charge is 0.339 e. The molecule has 1 aliphatic rings. The van der Waals surface area contributed by atoms with Crippen molar-refractivity contribution >= 4 is 39.9 Å². The number of nitrogens with one attached hydrogen (secondary N) is 2. The fourth-order valence-electron chi connectivity index (χ4n) is 3.82. The second kappa shape index (κ2) is 10.9. The van der Waals surface area contributed by atoms with E-state index in [9.17, 15) is 14.4 Å². The Hall–Kier alpha value is -3.72. The summed E-state index contributed by atoms with van der Waals surface area (Å²) in [6.45, 7) is 3.41. The lowest BCUT2D eigenvalue weighted by Crippen LogP contribution is -2.56. The van der Waals surface area contributed by atoms with Crippen molar-refractivity contribution in [3.63, 3.8) is 0 Å². The van der Waals surface area contributed by atoms with Crippen LogP contribution in [0.4, 0.5) is 10.8 Å². The van der Waals surface area contributed by atoms with Crippen LogP contribution in [0.15, 0.2) is 66.0 Å². The van der Waals surface area contributed by atoms with Crippen LogP contribution in [-0.4, -0.2) is 64.7 Å². The Labute approximate surface area is 202 Å². The quantitative estimate of drug-likeness (QED) is 0.546. The Balaban J connectivity index is 1.45. The number of benzene rings is 2. The van der Waals surface area contributed by atoms with E-state index in [1.807, 2.05) is 60.7 Å². The van der Waals surface area contributed by atoms with Crippen LogP contribution in [0.2, 0.25) is 0 Å². The summed E-state index contributed by atoms with van der Waals surface area (Å²) in [5.74, 6) is -0.544. The molecule has 3 aromatic rings. The molecule has 2 aromatic carbocycles. The summed E-state index contributed by atoms with van der Waals surface area (Å²) in [7, 11) is 0. The van der Waals surface area contributed by atoms with E-state index in [0.717, 1.165) is 11.3 Å². The Morgan fingerprint density at radius 2 is 1.56 bits per heavy atom. The zero-order chi connectivity index (χ0) is 23.9. The van der Waals surface area contributed by atoms with Crippen molar-refractivity contribution in [1.82, 2.24) is 20.1 Å². The first-order valence-corrected chi connectivity index (χ1v) is 12.0. The fourth-order valence-corrected chi connectivity index (χ4v) is 4.54. The molecular formula is C25H27N5O3S. The van der Waals surface area contributed by atoms with Crippen LogP contribution in [-0.2, 0) is 16.0 Å². The van der Waals surface area contributed by atoms with E-state index in [-0.39, 0.29) is 17.5 Å². The SMILES string of the molecule is CC(=O)N1CCN(C(=O)[C@H](Cc2ccccc2)NC(=O)c2csc(Nc3ccccc3)n2)CC1. The average Bonchev–Trinajstić information content (AvgIpc) is 3.33. The van der Waals surface area contributed by atoms with Crippen LogP contribution in [0.1, 0.15) is 23.0 Å². The lowest BCUT2D eigenvalue weighted by atomic mass is 10.0. The number of piperazine rings is 1. The molecule has 0 spiro atoms. The van der Waals surface area contributed by atoms with Gasteiger partial charge >= 0.3 is 0 Å². The van der Waals surface area contributed by atoms with Gasteiger partial charge in [-0.3, -0.25) is 14.4 Å². The number of carbonyl (C=O) groups is 3. The van der Waals surface area contributed by atoms with Crippen molar-refractivity contribution in [3.8, 4) is 0 Å². The zero-order valence-corrected chi connectivity index (χ0v) is 19.8. The second-order valence-corrected chi connectivity index (χ2v) is 8.93. The van der Waals surface area contributed by atoms with Crippen LogP contribution >= 0.6 is 11.3 Å². The van der Waals surface area contributed by atoms with Crippen molar-refractivity contribution in [1.29, 1.82) is 0 Å². The number of hydrogen-bond acceptors (Lipinski definition) is 6. The maximum atomic E-state index is 13.4. The van der Waals surface area contributed by atoms with Gasteiger partial charge in [0.2, 0.25) is 11.8 Å². The average molecular weight is 478 g/mol. The summed E-state index contributed by atoms with van der Waals surface area (Å²) in [6, 6.07) is 18.5. The summed E-state index contributed by atoms with van der Waals surface area (Å²) in [6.07, 6.45) is 0.373. The van der Waals surface area contributed by atoms with Crippen molar-refractivity contribution in [2.24, 2.45) is 0 Å².